The zero-order chi connectivity index (χ0) is 36.3. The summed E-state index contributed by atoms with van der Waals surface area (Å²) in [6.45, 7) is 0. The van der Waals surface area contributed by atoms with E-state index in [-0.39, 0.29) is 0 Å². The highest BCUT2D eigenvalue weighted by atomic mass is 16.4. The van der Waals surface area contributed by atoms with Crippen LogP contribution in [0, 0.1) is 0 Å². The standard InChI is InChI=1S/C50H32N4O/c1-3-15-33(16-4-1)35-19-11-21-37(31-35)53-43-27-9-7-23-39(43)47-41(25-13-29-45(47)53)49-51-52-50(55-49)42-26-14-30-46-48(42)40-24-8-10-28-44(40)54(46)38-22-12-20-36(32-38)34-17-5-2-6-18-34/h1-32H. The Morgan fingerprint density at radius 1 is 0.327 bits per heavy atom. The molecule has 0 unspecified atom stereocenters. The third-order valence-corrected chi connectivity index (χ3v) is 10.7. The van der Waals surface area contributed by atoms with Gasteiger partial charge in [-0.25, -0.2) is 0 Å². The lowest BCUT2D eigenvalue weighted by atomic mass is 10.1. The van der Waals surface area contributed by atoms with Crippen molar-refractivity contribution in [1.29, 1.82) is 0 Å². The number of benzene rings is 8. The van der Waals surface area contributed by atoms with E-state index in [0.717, 1.165) is 66.1 Å². The molecule has 0 saturated heterocycles. The monoisotopic (exact) mass is 704 g/mol. The highest BCUT2D eigenvalue weighted by molar-refractivity contribution is 6.16. The number of aromatic nitrogens is 4. The molecular formula is C50H32N4O. The fourth-order valence-corrected chi connectivity index (χ4v) is 8.30. The number of hydrogen-bond acceptors (Lipinski definition) is 3. The molecule has 8 aromatic carbocycles. The summed E-state index contributed by atoms with van der Waals surface area (Å²) >= 11 is 0. The molecule has 5 heteroatoms. The average Bonchev–Trinajstić information content (AvgIpc) is 3.98. The summed E-state index contributed by atoms with van der Waals surface area (Å²) in [6.07, 6.45) is 0. The van der Waals surface area contributed by atoms with Crippen LogP contribution in [0.5, 0.6) is 0 Å². The Morgan fingerprint density at radius 3 is 1.18 bits per heavy atom. The molecule has 0 radical (unpaired) electrons. The molecule has 0 aliphatic carbocycles. The molecule has 0 saturated carbocycles. The summed E-state index contributed by atoms with van der Waals surface area (Å²) in [7, 11) is 0. The molecule has 0 aliphatic heterocycles. The Hall–Kier alpha value is -7.50. The Labute approximate surface area is 317 Å². The fourth-order valence-electron chi connectivity index (χ4n) is 8.30. The smallest absolute Gasteiger partial charge is 0.248 e. The summed E-state index contributed by atoms with van der Waals surface area (Å²) in [6, 6.07) is 68.2. The number of para-hydroxylation sites is 2. The van der Waals surface area contributed by atoms with Crippen molar-refractivity contribution in [3.05, 3.63) is 194 Å². The van der Waals surface area contributed by atoms with Crippen molar-refractivity contribution in [3.8, 4) is 56.5 Å². The number of nitrogens with zero attached hydrogens (tertiary/aromatic N) is 4. The van der Waals surface area contributed by atoms with Gasteiger partial charge in [0.2, 0.25) is 11.8 Å². The summed E-state index contributed by atoms with van der Waals surface area (Å²) in [5.74, 6) is 0.968. The van der Waals surface area contributed by atoms with Crippen LogP contribution in [0.4, 0.5) is 0 Å². The van der Waals surface area contributed by atoms with Crippen molar-refractivity contribution in [2.75, 3.05) is 0 Å². The summed E-state index contributed by atoms with van der Waals surface area (Å²) in [5, 5.41) is 13.8. The van der Waals surface area contributed by atoms with Gasteiger partial charge >= 0.3 is 0 Å². The predicted molar refractivity (Wildman–Crippen MR) is 225 cm³/mol. The van der Waals surface area contributed by atoms with Crippen molar-refractivity contribution in [3.63, 3.8) is 0 Å². The normalized spacial score (nSPS) is 11.6. The zero-order valence-corrected chi connectivity index (χ0v) is 29.7. The lowest BCUT2D eigenvalue weighted by molar-refractivity contribution is 0.586. The Balaban J connectivity index is 1.07. The zero-order valence-electron chi connectivity index (χ0n) is 29.7. The molecule has 3 aromatic heterocycles. The largest absolute Gasteiger partial charge is 0.416 e. The fraction of sp³-hybridized carbons (Fsp3) is 0. The predicted octanol–water partition coefficient (Wildman–Crippen LogP) is 12.9. The maximum absolute atomic E-state index is 6.71. The molecule has 11 aromatic rings. The van der Waals surface area contributed by atoms with Crippen LogP contribution in [0.3, 0.4) is 0 Å². The maximum atomic E-state index is 6.71. The Kier molecular flexibility index (Phi) is 7.10. The van der Waals surface area contributed by atoms with Crippen LogP contribution in [0.1, 0.15) is 0 Å². The second-order valence-corrected chi connectivity index (χ2v) is 13.8. The van der Waals surface area contributed by atoms with Crippen molar-refractivity contribution < 1.29 is 4.42 Å². The molecule has 55 heavy (non-hydrogen) atoms. The van der Waals surface area contributed by atoms with E-state index in [1.165, 1.54) is 22.3 Å². The van der Waals surface area contributed by atoms with Gasteiger partial charge in [0, 0.05) is 44.0 Å². The second-order valence-electron chi connectivity index (χ2n) is 13.8. The number of fused-ring (bicyclic) bond motifs is 6. The van der Waals surface area contributed by atoms with Gasteiger partial charge in [-0.15, -0.1) is 10.2 Å². The molecule has 0 atom stereocenters. The number of rotatable bonds is 6. The molecule has 258 valence electrons. The molecule has 5 nitrogen and oxygen atoms in total. The van der Waals surface area contributed by atoms with E-state index in [4.69, 9.17) is 14.6 Å². The van der Waals surface area contributed by atoms with E-state index < -0.39 is 0 Å². The maximum Gasteiger partial charge on any atom is 0.248 e. The Bertz CT molecular complexity index is 2990. The highest BCUT2D eigenvalue weighted by Gasteiger charge is 2.22. The molecule has 0 aliphatic rings. The first-order valence-corrected chi connectivity index (χ1v) is 18.5. The lowest BCUT2D eigenvalue weighted by Crippen LogP contribution is -1.94. The summed E-state index contributed by atoms with van der Waals surface area (Å²) in [4.78, 5) is 0. The average molecular weight is 705 g/mol. The first kappa shape index (κ1) is 31.1. The van der Waals surface area contributed by atoms with Crippen LogP contribution in [-0.4, -0.2) is 19.3 Å². The minimum atomic E-state index is 0.484. The van der Waals surface area contributed by atoms with Crippen LogP contribution in [0.15, 0.2) is 199 Å². The molecule has 0 fully saturated rings. The van der Waals surface area contributed by atoms with Crippen molar-refractivity contribution in [1.82, 2.24) is 19.3 Å². The Morgan fingerprint density at radius 2 is 0.709 bits per heavy atom. The van der Waals surface area contributed by atoms with Gasteiger partial charge in [-0.1, -0.05) is 133 Å². The van der Waals surface area contributed by atoms with Crippen LogP contribution in [0.2, 0.25) is 0 Å². The van der Waals surface area contributed by atoms with Crippen LogP contribution < -0.4 is 0 Å². The number of hydrogen-bond donors (Lipinski definition) is 0. The van der Waals surface area contributed by atoms with Crippen LogP contribution in [0.25, 0.3) is 100 Å². The quantitative estimate of drug-likeness (QED) is 0.173. The summed E-state index contributed by atoms with van der Waals surface area (Å²) in [5.41, 5.74) is 13.1. The van der Waals surface area contributed by atoms with Crippen molar-refractivity contribution in [2.24, 2.45) is 0 Å². The van der Waals surface area contributed by atoms with Gasteiger partial charge in [-0.05, 0) is 82.9 Å². The molecule has 0 bridgehead atoms. The minimum Gasteiger partial charge on any atom is -0.416 e. The molecular weight excluding hydrogens is 673 g/mol. The van der Waals surface area contributed by atoms with Gasteiger partial charge in [-0.3, -0.25) is 0 Å². The van der Waals surface area contributed by atoms with E-state index in [0.29, 0.717) is 11.8 Å². The second kappa shape index (κ2) is 12.6. The molecule has 0 spiro atoms. The first-order valence-electron chi connectivity index (χ1n) is 18.5. The van der Waals surface area contributed by atoms with Gasteiger partial charge in [0.15, 0.2) is 0 Å². The topological polar surface area (TPSA) is 48.8 Å². The van der Waals surface area contributed by atoms with Crippen LogP contribution >= 0.6 is 0 Å². The van der Waals surface area contributed by atoms with Crippen LogP contribution in [-0.2, 0) is 0 Å². The van der Waals surface area contributed by atoms with Crippen molar-refractivity contribution >= 4 is 43.6 Å². The van der Waals surface area contributed by atoms with Gasteiger partial charge in [-0.2, -0.15) is 0 Å². The van der Waals surface area contributed by atoms with Crippen molar-refractivity contribution in [2.45, 2.75) is 0 Å². The van der Waals surface area contributed by atoms with E-state index in [9.17, 15) is 0 Å². The van der Waals surface area contributed by atoms with Gasteiger partial charge in [0.1, 0.15) is 0 Å². The lowest BCUT2D eigenvalue weighted by Gasteiger charge is -2.10. The molecule has 0 amide bonds. The van der Waals surface area contributed by atoms with E-state index >= 15 is 0 Å². The highest BCUT2D eigenvalue weighted by Crippen LogP contribution is 2.42. The van der Waals surface area contributed by atoms with Gasteiger partial charge in [0.05, 0.1) is 22.1 Å². The minimum absolute atomic E-state index is 0.484. The SMILES string of the molecule is c1ccc(-c2cccc(-n3c4ccccc4c4c(-c5nnc(-c6cccc7c6c6ccccc6n7-c6cccc(-c7ccccc7)c6)o5)cccc43)c2)cc1. The molecule has 3 heterocycles. The third-order valence-electron chi connectivity index (χ3n) is 10.7. The van der Waals surface area contributed by atoms with E-state index in [1.54, 1.807) is 0 Å². The van der Waals surface area contributed by atoms with Gasteiger partial charge in [0.25, 0.3) is 0 Å². The van der Waals surface area contributed by atoms with Gasteiger partial charge < -0.3 is 13.6 Å². The molecule has 11 rings (SSSR count). The van der Waals surface area contributed by atoms with E-state index in [2.05, 4.69) is 203 Å². The third kappa shape index (κ3) is 5.02. The van der Waals surface area contributed by atoms with E-state index in [1.807, 2.05) is 0 Å². The first-order chi connectivity index (χ1) is 27.3. The summed E-state index contributed by atoms with van der Waals surface area (Å²) < 4.78 is 11.4. The molecule has 0 N–H and O–H groups in total.